The first-order valence-corrected chi connectivity index (χ1v) is 12.3. The van der Waals surface area contributed by atoms with E-state index in [0.29, 0.717) is 11.6 Å². The fourth-order valence-electron chi connectivity index (χ4n) is 5.55. The minimum Gasteiger partial charge on any atom is -0.502 e. The first-order valence-electron chi connectivity index (χ1n) is 11.5. The number of nitrogens with zero attached hydrogens (tertiary/aromatic N) is 5. The molecule has 0 bridgehead atoms. The predicted molar refractivity (Wildman–Crippen MR) is 127 cm³/mol. The quantitative estimate of drug-likeness (QED) is 0.589. The molecule has 35 heavy (non-hydrogen) atoms. The van der Waals surface area contributed by atoms with Gasteiger partial charge in [0.15, 0.2) is 16.5 Å². The molecule has 3 aromatic rings. The van der Waals surface area contributed by atoms with Gasteiger partial charge < -0.3 is 10.0 Å². The molecule has 0 radical (unpaired) electrons. The van der Waals surface area contributed by atoms with Crippen molar-refractivity contribution < 1.29 is 18.7 Å². The number of aromatic hydroxyl groups is 1. The number of pyridine rings is 1. The van der Waals surface area contributed by atoms with Gasteiger partial charge >= 0.3 is 0 Å². The standard InChI is InChI=1S/C24H25F2N5O3S/c1-4-30-23(34)19-21(33)20(32)16(12-31(19)29(3)24(30)9-5-6-13(24)2)22-28-27-18(35-22)10-14-7-8-15(25)11-17(14)26/h7-8,11-13,33H,4-6,9-10H2,1-3H3/t13-,24?/m0/s1. The molecule has 184 valence electrons. The number of rotatable bonds is 4. The Morgan fingerprint density at radius 3 is 2.69 bits per heavy atom. The Hall–Kier alpha value is -3.34. The van der Waals surface area contributed by atoms with Crippen LogP contribution in [0, 0.1) is 17.6 Å². The number of halogens is 2. The van der Waals surface area contributed by atoms with Crippen molar-refractivity contribution in [3.63, 3.8) is 0 Å². The lowest BCUT2D eigenvalue weighted by Crippen LogP contribution is -2.70. The highest BCUT2D eigenvalue weighted by Gasteiger charge is 2.54. The number of carbonyl (C=O) groups is 1. The van der Waals surface area contributed by atoms with Crippen LogP contribution >= 0.6 is 11.3 Å². The third-order valence-electron chi connectivity index (χ3n) is 7.30. The lowest BCUT2D eigenvalue weighted by Gasteiger charge is -2.54. The van der Waals surface area contributed by atoms with Gasteiger partial charge in [-0.1, -0.05) is 24.3 Å². The van der Waals surface area contributed by atoms with Crippen LogP contribution in [0.5, 0.6) is 5.75 Å². The Kier molecular flexibility index (Phi) is 5.62. The van der Waals surface area contributed by atoms with Gasteiger partial charge in [0.25, 0.3) is 5.91 Å². The summed E-state index contributed by atoms with van der Waals surface area (Å²) in [5, 5.41) is 21.6. The number of fused-ring (bicyclic) bond motifs is 1. The zero-order chi connectivity index (χ0) is 25.1. The summed E-state index contributed by atoms with van der Waals surface area (Å²) in [5.74, 6) is -2.19. The third-order valence-corrected chi connectivity index (χ3v) is 8.26. The molecule has 1 aliphatic heterocycles. The Morgan fingerprint density at radius 1 is 1.26 bits per heavy atom. The molecule has 8 nitrogen and oxygen atoms in total. The predicted octanol–water partition coefficient (Wildman–Crippen LogP) is 3.50. The summed E-state index contributed by atoms with van der Waals surface area (Å²) < 4.78 is 28.9. The minimum atomic E-state index is -0.722. The van der Waals surface area contributed by atoms with E-state index in [-0.39, 0.29) is 40.1 Å². The van der Waals surface area contributed by atoms with E-state index in [0.717, 1.165) is 36.7 Å². The van der Waals surface area contributed by atoms with Crippen LogP contribution in [-0.4, -0.2) is 50.0 Å². The average molecular weight is 502 g/mol. The van der Waals surface area contributed by atoms with Crippen LogP contribution in [0.15, 0.2) is 29.2 Å². The second-order valence-electron chi connectivity index (χ2n) is 9.07. The summed E-state index contributed by atoms with van der Waals surface area (Å²) in [7, 11) is 1.86. The fraction of sp³-hybridized carbons (Fsp3) is 0.417. The maximum Gasteiger partial charge on any atom is 0.278 e. The van der Waals surface area contributed by atoms with Gasteiger partial charge in [-0.3, -0.25) is 19.3 Å². The highest BCUT2D eigenvalue weighted by molar-refractivity contribution is 7.14. The molecular formula is C24H25F2N5O3S. The number of carbonyl (C=O) groups excluding carboxylic acids is 1. The molecule has 1 fully saturated rings. The van der Waals surface area contributed by atoms with Gasteiger partial charge in [-0.15, -0.1) is 10.2 Å². The van der Waals surface area contributed by atoms with Crippen molar-refractivity contribution in [3.05, 3.63) is 62.5 Å². The molecule has 5 rings (SSSR count). The highest BCUT2D eigenvalue weighted by atomic mass is 32.1. The molecule has 11 heteroatoms. The number of aromatic nitrogens is 3. The number of hydrogen-bond acceptors (Lipinski definition) is 7. The van der Waals surface area contributed by atoms with Gasteiger partial charge in [-0.05, 0) is 43.7 Å². The molecule has 1 amide bonds. The van der Waals surface area contributed by atoms with Crippen LogP contribution < -0.4 is 10.4 Å². The van der Waals surface area contributed by atoms with E-state index in [1.165, 1.54) is 18.3 Å². The molecule has 1 unspecified atom stereocenters. The zero-order valence-electron chi connectivity index (χ0n) is 19.6. The second kappa shape index (κ2) is 8.40. The first-order chi connectivity index (χ1) is 16.7. The summed E-state index contributed by atoms with van der Waals surface area (Å²) >= 11 is 1.08. The average Bonchev–Trinajstić information content (AvgIpc) is 3.44. The van der Waals surface area contributed by atoms with Crippen molar-refractivity contribution in [1.29, 1.82) is 0 Å². The third kappa shape index (κ3) is 3.43. The summed E-state index contributed by atoms with van der Waals surface area (Å²) in [6.45, 7) is 4.45. The Balaban J connectivity index is 1.58. The van der Waals surface area contributed by atoms with E-state index < -0.39 is 28.5 Å². The number of amides is 1. The highest BCUT2D eigenvalue weighted by Crippen LogP contribution is 2.45. The van der Waals surface area contributed by atoms with Crippen molar-refractivity contribution in [2.45, 2.75) is 45.2 Å². The van der Waals surface area contributed by atoms with Crippen molar-refractivity contribution in [2.24, 2.45) is 5.92 Å². The van der Waals surface area contributed by atoms with Gasteiger partial charge in [0.05, 0.1) is 5.56 Å². The van der Waals surface area contributed by atoms with Crippen molar-refractivity contribution in [2.75, 3.05) is 18.6 Å². The normalized spacial score (nSPS) is 21.7. The smallest absolute Gasteiger partial charge is 0.278 e. The molecule has 1 aromatic carbocycles. The van der Waals surface area contributed by atoms with E-state index in [4.69, 9.17) is 0 Å². The molecule has 2 aromatic heterocycles. The SMILES string of the molecule is CCN1C(=O)c2c(O)c(=O)c(-c3nnc(Cc4ccc(F)cc4F)s3)cn2N(C)C12CCC[C@@H]2C. The second-order valence-corrected chi connectivity index (χ2v) is 10.1. The van der Waals surface area contributed by atoms with Crippen LogP contribution in [0.2, 0.25) is 0 Å². The molecule has 1 saturated carbocycles. The van der Waals surface area contributed by atoms with Gasteiger partial charge in [0, 0.05) is 32.3 Å². The van der Waals surface area contributed by atoms with E-state index in [9.17, 15) is 23.5 Å². The minimum absolute atomic E-state index is 0.0759. The topological polar surface area (TPSA) is 91.6 Å². The summed E-state index contributed by atoms with van der Waals surface area (Å²) in [5.41, 5.74) is -1.02. The summed E-state index contributed by atoms with van der Waals surface area (Å²) in [4.78, 5) is 28.3. The van der Waals surface area contributed by atoms with E-state index in [1.807, 2.05) is 19.0 Å². The van der Waals surface area contributed by atoms with Gasteiger partial charge in [-0.25, -0.2) is 8.78 Å². The first kappa shape index (κ1) is 23.4. The largest absolute Gasteiger partial charge is 0.502 e. The van der Waals surface area contributed by atoms with Crippen molar-refractivity contribution in [3.8, 4) is 16.3 Å². The molecule has 0 saturated heterocycles. The summed E-state index contributed by atoms with van der Waals surface area (Å²) in [6.07, 6.45) is 4.30. The number of benzene rings is 1. The lowest BCUT2D eigenvalue weighted by molar-refractivity contribution is 0.0171. The molecule has 2 atom stereocenters. The molecule has 1 aliphatic carbocycles. The maximum absolute atomic E-state index is 14.1. The fourth-order valence-corrected chi connectivity index (χ4v) is 6.42. The van der Waals surface area contributed by atoms with Crippen LogP contribution in [-0.2, 0) is 6.42 Å². The zero-order valence-corrected chi connectivity index (χ0v) is 20.4. The Morgan fingerprint density at radius 2 is 2.03 bits per heavy atom. The van der Waals surface area contributed by atoms with Crippen LogP contribution in [0.25, 0.3) is 10.6 Å². The van der Waals surface area contributed by atoms with E-state index >= 15 is 0 Å². The number of hydrogen-bond donors (Lipinski definition) is 1. The molecule has 1 spiro atoms. The molecule has 3 heterocycles. The monoisotopic (exact) mass is 501 g/mol. The van der Waals surface area contributed by atoms with Crippen molar-refractivity contribution >= 4 is 17.2 Å². The molecule has 2 aliphatic rings. The Bertz CT molecular complexity index is 1390. The molecule has 1 N–H and O–H groups in total. The van der Waals surface area contributed by atoms with Gasteiger partial charge in [0.1, 0.15) is 22.3 Å². The molecular weight excluding hydrogens is 476 g/mol. The van der Waals surface area contributed by atoms with Crippen LogP contribution in [0.4, 0.5) is 8.78 Å². The van der Waals surface area contributed by atoms with E-state index in [1.54, 1.807) is 9.58 Å². The van der Waals surface area contributed by atoms with Gasteiger partial charge in [-0.2, -0.15) is 0 Å². The van der Waals surface area contributed by atoms with E-state index in [2.05, 4.69) is 17.1 Å². The maximum atomic E-state index is 14.1. The van der Waals surface area contributed by atoms with Crippen LogP contribution in [0.3, 0.4) is 0 Å². The van der Waals surface area contributed by atoms with Gasteiger partial charge in [0.2, 0.25) is 5.43 Å². The van der Waals surface area contributed by atoms with Crippen molar-refractivity contribution in [1.82, 2.24) is 19.8 Å². The van der Waals surface area contributed by atoms with Crippen LogP contribution in [0.1, 0.15) is 54.2 Å². The summed E-state index contributed by atoms with van der Waals surface area (Å²) in [6, 6.07) is 3.31. The Labute approximate surface area is 204 Å². The lowest BCUT2D eigenvalue weighted by atomic mass is 9.93.